The van der Waals surface area contributed by atoms with Gasteiger partial charge in [-0.2, -0.15) is 9.40 Å². The van der Waals surface area contributed by atoms with Crippen molar-refractivity contribution >= 4 is 21.6 Å². The minimum absolute atomic E-state index is 0.00942. The summed E-state index contributed by atoms with van der Waals surface area (Å²) < 4.78 is 28.7. The lowest BCUT2D eigenvalue weighted by Crippen LogP contribution is -2.36. The Labute approximate surface area is 127 Å². The van der Waals surface area contributed by atoms with Gasteiger partial charge in [-0.05, 0) is 26.7 Å². The van der Waals surface area contributed by atoms with Crippen LogP contribution in [-0.2, 0) is 16.6 Å². The van der Waals surface area contributed by atoms with Gasteiger partial charge in [-0.1, -0.05) is 13.8 Å². The molecule has 0 aliphatic carbocycles. The quantitative estimate of drug-likeness (QED) is 0.725. The van der Waals surface area contributed by atoms with Gasteiger partial charge in [0.25, 0.3) is 0 Å². The van der Waals surface area contributed by atoms with E-state index < -0.39 is 10.0 Å². The Hall–Kier alpha value is -0.590. The van der Waals surface area contributed by atoms with E-state index in [2.05, 4.69) is 5.10 Å². The van der Waals surface area contributed by atoms with Gasteiger partial charge >= 0.3 is 0 Å². The Balaban J connectivity index is 3.29. The normalized spacial score (nSPS) is 12.6. The predicted octanol–water partition coefficient (Wildman–Crippen LogP) is 2.55. The molecular weight excluding hydrogens is 298 g/mol. The van der Waals surface area contributed by atoms with Crippen molar-refractivity contribution in [2.24, 2.45) is 0 Å². The van der Waals surface area contributed by atoms with Crippen molar-refractivity contribution < 1.29 is 8.42 Å². The maximum absolute atomic E-state index is 12.8. The van der Waals surface area contributed by atoms with Crippen LogP contribution >= 0.6 is 11.6 Å². The lowest BCUT2D eigenvalue weighted by molar-refractivity contribution is 0.349. The molecule has 7 heteroatoms. The van der Waals surface area contributed by atoms with E-state index >= 15 is 0 Å². The van der Waals surface area contributed by atoms with Crippen LogP contribution in [0.2, 0.25) is 0 Å². The maximum atomic E-state index is 12.8. The molecule has 0 radical (unpaired) electrons. The van der Waals surface area contributed by atoms with Crippen LogP contribution in [-0.4, -0.2) is 41.5 Å². The summed E-state index contributed by atoms with van der Waals surface area (Å²) in [5.74, 6) is 0.407. The Bertz CT molecular complexity index is 550. The first-order valence-electron chi connectivity index (χ1n) is 6.89. The van der Waals surface area contributed by atoms with Crippen LogP contribution in [0, 0.1) is 13.8 Å². The van der Waals surface area contributed by atoms with Crippen molar-refractivity contribution in [1.29, 1.82) is 0 Å². The van der Waals surface area contributed by atoms with Gasteiger partial charge in [-0.25, -0.2) is 8.42 Å². The van der Waals surface area contributed by atoms with Gasteiger partial charge in [0.2, 0.25) is 10.0 Å². The van der Waals surface area contributed by atoms with E-state index in [0.717, 1.165) is 12.8 Å². The van der Waals surface area contributed by atoms with Gasteiger partial charge in [-0.15, -0.1) is 11.6 Å². The maximum Gasteiger partial charge on any atom is 0.246 e. The fourth-order valence-electron chi connectivity index (χ4n) is 2.49. The number of aromatic nitrogens is 2. The van der Waals surface area contributed by atoms with Crippen molar-refractivity contribution in [2.45, 2.75) is 58.0 Å². The van der Waals surface area contributed by atoms with E-state index in [0.29, 0.717) is 28.7 Å². The summed E-state index contributed by atoms with van der Waals surface area (Å²) >= 11 is 5.72. The minimum atomic E-state index is -3.51. The molecule has 1 aromatic rings. The summed E-state index contributed by atoms with van der Waals surface area (Å²) in [7, 11) is -1.87. The lowest BCUT2D eigenvalue weighted by atomic mass is 10.2. The molecule has 0 aliphatic heterocycles. The van der Waals surface area contributed by atoms with Gasteiger partial charge in [-0.3, -0.25) is 4.68 Å². The van der Waals surface area contributed by atoms with Crippen LogP contribution in [0.15, 0.2) is 4.90 Å². The molecule has 0 unspecified atom stereocenters. The molecule has 0 aliphatic rings. The summed E-state index contributed by atoms with van der Waals surface area (Å²) in [5.41, 5.74) is 1.19. The van der Waals surface area contributed by atoms with Crippen molar-refractivity contribution in [3.63, 3.8) is 0 Å². The molecule has 0 aromatic carbocycles. The first kappa shape index (κ1) is 17.5. The molecule has 0 spiro atoms. The van der Waals surface area contributed by atoms with Crippen LogP contribution in [0.25, 0.3) is 0 Å². The second-order valence-electron chi connectivity index (χ2n) is 4.90. The number of sulfonamides is 1. The smallest absolute Gasteiger partial charge is 0.246 e. The van der Waals surface area contributed by atoms with E-state index in [4.69, 9.17) is 11.6 Å². The molecule has 0 saturated carbocycles. The van der Waals surface area contributed by atoms with Crippen LogP contribution in [0.5, 0.6) is 0 Å². The zero-order valence-electron chi connectivity index (χ0n) is 12.9. The number of halogens is 1. The van der Waals surface area contributed by atoms with Crippen molar-refractivity contribution in [2.75, 3.05) is 12.9 Å². The van der Waals surface area contributed by atoms with Crippen LogP contribution < -0.4 is 0 Å². The van der Waals surface area contributed by atoms with Crippen molar-refractivity contribution in [3.05, 3.63) is 11.4 Å². The summed E-state index contributed by atoms with van der Waals surface area (Å²) in [4.78, 5) is 0.317. The third kappa shape index (κ3) is 3.18. The number of hydrogen-bond donors (Lipinski definition) is 0. The fraction of sp³-hybridized carbons (Fsp3) is 0.769. The van der Waals surface area contributed by atoms with Crippen LogP contribution in [0.4, 0.5) is 0 Å². The molecule has 1 aromatic heterocycles. The molecule has 0 bridgehead atoms. The average Bonchev–Trinajstić information content (AvgIpc) is 2.66. The van der Waals surface area contributed by atoms with Crippen LogP contribution in [0.1, 0.15) is 38.1 Å². The fourth-order valence-corrected chi connectivity index (χ4v) is 4.53. The van der Waals surface area contributed by atoms with Crippen molar-refractivity contribution in [3.8, 4) is 0 Å². The van der Waals surface area contributed by atoms with E-state index in [-0.39, 0.29) is 6.04 Å². The number of alkyl halides is 1. The summed E-state index contributed by atoms with van der Waals surface area (Å²) in [5, 5.41) is 4.29. The molecule has 0 atom stereocenters. The third-order valence-corrected chi connectivity index (χ3v) is 6.04. The van der Waals surface area contributed by atoms with E-state index in [1.165, 1.54) is 4.31 Å². The predicted molar refractivity (Wildman–Crippen MR) is 81.7 cm³/mol. The Morgan fingerprint density at radius 3 is 2.30 bits per heavy atom. The standard InChI is InChI=1S/C13H24ClN3O2S/c1-6-12(7-2)16(5)20(18,19)13-10(3)15-17(9-8-14)11(13)4/h12H,6-9H2,1-5H3. The highest BCUT2D eigenvalue weighted by molar-refractivity contribution is 7.89. The summed E-state index contributed by atoms with van der Waals surface area (Å²) in [6.07, 6.45) is 1.58. The summed E-state index contributed by atoms with van der Waals surface area (Å²) in [6.45, 7) is 8.01. The van der Waals surface area contributed by atoms with Gasteiger partial charge in [0, 0.05) is 19.0 Å². The highest BCUT2D eigenvalue weighted by Gasteiger charge is 2.31. The molecule has 0 amide bonds. The molecule has 20 heavy (non-hydrogen) atoms. The molecule has 1 rings (SSSR count). The first-order chi connectivity index (χ1) is 9.31. The largest absolute Gasteiger partial charge is 0.267 e. The Kier molecular flexibility index (Phi) is 6.04. The molecule has 5 nitrogen and oxygen atoms in total. The van der Waals surface area contributed by atoms with E-state index in [9.17, 15) is 8.42 Å². The van der Waals surface area contributed by atoms with Crippen molar-refractivity contribution in [1.82, 2.24) is 14.1 Å². The van der Waals surface area contributed by atoms with Gasteiger partial charge in [0.05, 0.1) is 17.9 Å². The molecule has 0 saturated heterocycles. The third-order valence-electron chi connectivity index (χ3n) is 3.71. The van der Waals surface area contributed by atoms with Crippen LogP contribution in [0.3, 0.4) is 0 Å². The zero-order chi connectivity index (χ0) is 15.5. The Morgan fingerprint density at radius 1 is 1.30 bits per heavy atom. The molecule has 116 valence electrons. The second-order valence-corrected chi connectivity index (χ2v) is 7.22. The topological polar surface area (TPSA) is 55.2 Å². The Morgan fingerprint density at radius 2 is 1.85 bits per heavy atom. The number of rotatable bonds is 7. The highest BCUT2D eigenvalue weighted by atomic mass is 35.5. The molecule has 1 heterocycles. The highest BCUT2D eigenvalue weighted by Crippen LogP contribution is 2.25. The number of nitrogens with zero attached hydrogens (tertiary/aromatic N) is 3. The van der Waals surface area contributed by atoms with E-state index in [1.54, 1.807) is 25.6 Å². The second kappa shape index (κ2) is 6.91. The number of hydrogen-bond acceptors (Lipinski definition) is 3. The average molecular weight is 322 g/mol. The first-order valence-corrected chi connectivity index (χ1v) is 8.86. The molecule has 0 N–H and O–H groups in total. The van der Waals surface area contributed by atoms with E-state index in [1.807, 2.05) is 13.8 Å². The molecular formula is C13H24ClN3O2S. The lowest BCUT2D eigenvalue weighted by Gasteiger charge is -2.25. The zero-order valence-corrected chi connectivity index (χ0v) is 14.4. The number of aryl methyl sites for hydroxylation is 2. The SMILES string of the molecule is CCC(CC)N(C)S(=O)(=O)c1c(C)nn(CCCl)c1C. The van der Waals surface area contributed by atoms with Gasteiger partial charge < -0.3 is 0 Å². The summed E-state index contributed by atoms with van der Waals surface area (Å²) in [6, 6.07) is 0.00942. The van der Waals surface area contributed by atoms with Gasteiger partial charge in [0.1, 0.15) is 4.90 Å². The monoisotopic (exact) mass is 321 g/mol. The molecule has 0 fully saturated rings. The minimum Gasteiger partial charge on any atom is -0.267 e. The van der Waals surface area contributed by atoms with Gasteiger partial charge in [0.15, 0.2) is 0 Å².